The van der Waals surface area contributed by atoms with E-state index in [1.807, 2.05) is 42.6 Å². The summed E-state index contributed by atoms with van der Waals surface area (Å²) in [4.78, 5) is 24.5. The smallest absolute Gasteiger partial charge is 0.272 e. The molecule has 7 nitrogen and oxygen atoms in total. The molecule has 0 atom stereocenters. The van der Waals surface area contributed by atoms with Crippen molar-refractivity contribution >= 4 is 5.91 Å². The molecule has 4 rings (SSSR count). The minimum Gasteiger partial charge on any atom is -0.346 e. The first-order chi connectivity index (χ1) is 13.7. The number of hydrogen-bond donors (Lipinski definition) is 1. The van der Waals surface area contributed by atoms with Gasteiger partial charge in [-0.25, -0.2) is 4.68 Å². The van der Waals surface area contributed by atoms with Crippen LogP contribution in [0.3, 0.4) is 0 Å². The van der Waals surface area contributed by atoms with Crippen molar-refractivity contribution < 1.29 is 4.79 Å². The highest BCUT2D eigenvalue weighted by Gasteiger charge is 2.11. The SMILES string of the molecule is O=C(NCc1cnn(-c2ccccc2)c1)c1ccc(=O)n(-c2ccccc2)n1. The first-order valence-electron chi connectivity index (χ1n) is 8.74. The monoisotopic (exact) mass is 371 g/mol. The van der Waals surface area contributed by atoms with Gasteiger partial charge in [0.25, 0.3) is 11.5 Å². The summed E-state index contributed by atoms with van der Waals surface area (Å²) in [6, 6.07) is 21.4. The molecule has 0 fully saturated rings. The zero-order valence-corrected chi connectivity index (χ0v) is 14.9. The van der Waals surface area contributed by atoms with Crippen LogP contribution in [0.5, 0.6) is 0 Å². The molecule has 0 spiro atoms. The zero-order chi connectivity index (χ0) is 19.3. The molecule has 2 aromatic heterocycles. The second-order valence-corrected chi connectivity index (χ2v) is 6.12. The Labute approximate surface area is 160 Å². The van der Waals surface area contributed by atoms with E-state index in [1.165, 1.54) is 16.8 Å². The molecule has 0 saturated heterocycles. The van der Waals surface area contributed by atoms with E-state index in [9.17, 15) is 9.59 Å². The molecule has 1 amide bonds. The van der Waals surface area contributed by atoms with Crippen molar-refractivity contribution in [2.75, 3.05) is 0 Å². The maximum atomic E-state index is 12.5. The lowest BCUT2D eigenvalue weighted by Gasteiger charge is -2.07. The molecule has 2 aromatic carbocycles. The van der Waals surface area contributed by atoms with Crippen molar-refractivity contribution in [3.8, 4) is 11.4 Å². The van der Waals surface area contributed by atoms with E-state index in [1.54, 1.807) is 35.1 Å². The van der Waals surface area contributed by atoms with Gasteiger partial charge in [0.05, 0.1) is 17.6 Å². The van der Waals surface area contributed by atoms with Crippen LogP contribution in [0.2, 0.25) is 0 Å². The Morgan fingerprint density at radius 3 is 2.29 bits per heavy atom. The number of nitrogens with zero attached hydrogens (tertiary/aromatic N) is 4. The third-order valence-electron chi connectivity index (χ3n) is 4.14. The summed E-state index contributed by atoms with van der Waals surface area (Å²) in [7, 11) is 0. The highest BCUT2D eigenvalue weighted by Crippen LogP contribution is 2.08. The number of hydrogen-bond acceptors (Lipinski definition) is 4. The Bertz CT molecular complexity index is 1150. The molecule has 0 unspecified atom stereocenters. The van der Waals surface area contributed by atoms with Gasteiger partial charge in [-0.15, -0.1) is 0 Å². The molecule has 7 heteroatoms. The fraction of sp³-hybridized carbons (Fsp3) is 0.0476. The topological polar surface area (TPSA) is 81.8 Å². The van der Waals surface area contributed by atoms with Crippen LogP contribution in [0.1, 0.15) is 16.1 Å². The molecule has 0 bridgehead atoms. The minimum atomic E-state index is -0.364. The number of carbonyl (C=O) groups excluding carboxylic acids is 1. The normalized spacial score (nSPS) is 10.6. The van der Waals surface area contributed by atoms with Gasteiger partial charge in [-0.1, -0.05) is 36.4 Å². The van der Waals surface area contributed by atoms with E-state index in [0.29, 0.717) is 12.2 Å². The van der Waals surface area contributed by atoms with Gasteiger partial charge in [-0.2, -0.15) is 14.9 Å². The van der Waals surface area contributed by atoms with Crippen LogP contribution in [-0.4, -0.2) is 25.5 Å². The second-order valence-electron chi connectivity index (χ2n) is 6.12. The highest BCUT2D eigenvalue weighted by atomic mass is 16.2. The van der Waals surface area contributed by atoms with Gasteiger partial charge in [0.15, 0.2) is 0 Å². The number of carbonyl (C=O) groups is 1. The Hall–Kier alpha value is -4.00. The third-order valence-corrected chi connectivity index (χ3v) is 4.14. The van der Waals surface area contributed by atoms with Crippen LogP contribution in [0.25, 0.3) is 11.4 Å². The van der Waals surface area contributed by atoms with Crippen LogP contribution in [0.15, 0.2) is 90.0 Å². The van der Waals surface area contributed by atoms with Crippen LogP contribution in [0, 0.1) is 0 Å². The molecule has 0 aliphatic carbocycles. The van der Waals surface area contributed by atoms with Crippen molar-refractivity contribution in [1.82, 2.24) is 24.9 Å². The van der Waals surface area contributed by atoms with Crippen molar-refractivity contribution in [3.63, 3.8) is 0 Å². The zero-order valence-electron chi connectivity index (χ0n) is 14.9. The van der Waals surface area contributed by atoms with E-state index in [0.717, 1.165) is 11.3 Å². The number of aromatic nitrogens is 4. The number of para-hydroxylation sites is 2. The summed E-state index contributed by atoms with van der Waals surface area (Å²) in [6.45, 7) is 0.303. The van der Waals surface area contributed by atoms with Crippen molar-refractivity contribution in [1.29, 1.82) is 0 Å². The molecule has 2 heterocycles. The van der Waals surface area contributed by atoms with Crippen molar-refractivity contribution in [2.24, 2.45) is 0 Å². The summed E-state index contributed by atoms with van der Waals surface area (Å²) < 4.78 is 2.96. The molecule has 0 saturated carbocycles. The lowest BCUT2D eigenvalue weighted by molar-refractivity contribution is 0.0944. The van der Waals surface area contributed by atoms with Crippen LogP contribution in [0.4, 0.5) is 0 Å². The van der Waals surface area contributed by atoms with Gasteiger partial charge in [-0.3, -0.25) is 9.59 Å². The minimum absolute atomic E-state index is 0.166. The Balaban J connectivity index is 1.48. The second kappa shape index (κ2) is 7.71. The van der Waals surface area contributed by atoms with Crippen molar-refractivity contribution in [2.45, 2.75) is 6.54 Å². The number of rotatable bonds is 5. The molecule has 1 N–H and O–H groups in total. The van der Waals surface area contributed by atoms with Crippen molar-refractivity contribution in [3.05, 3.63) is 107 Å². The van der Waals surface area contributed by atoms with Crippen LogP contribution < -0.4 is 10.9 Å². The summed E-state index contributed by atoms with van der Waals surface area (Å²) in [5.41, 5.74) is 2.27. The van der Waals surface area contributed by atoms with Crippen LogP contribution >= 0.6 is 0 Å². The van der Waals surface area contributed by atoms with Gasteiger partial charge in [0.1, 0.15) is 5.69 Å². The molecular weight excluding hydrogens is 354 g/mol. The Kier molecular flexibility index (Phi) is 4.79. The molecule has 4 aromatic rings. The van der Waals surface area contributed by atoms with E-state index in [2.05, 4.69) is 15.5 Å². The number of nitrogens with one attached hydrogen (secondary N) is 1. The molecular formula is C21H17N5O2. The van der Waals surface area contributed by atoms with Crippen LogP contribution in [-0.2, 0) is 6.54 Å². The third kappa shape index (κ3) is 3.73. The van der Waals surface area contributed by atoms with E-state index in [4.69, 9.17) is 0 Å². The molecule has 28 heavy (non-hydrogen) atoms. The largest absolute Gasteiger partial charge is 0.346 e. The predicted octanol–water partition coefficient (Wildman–Crippen LogP) is 2.35. The highest BCUT2D eigenvalue weighted by molar-refractivity contribution is 5.92. The van der Waals surface area contributed by atoms with E-state index >= 15 is 0 Å². The fourth-order valence-corrected chi connectivity index (χ4v) is 2.73. The van der Waals surface area contributed by atoms with E-state index < -0.39 is 0 Å². The molecule has 138 valence electrons. The molecule has 0 aliphatic heterocycles. The average Bonchev–Trinajstić information content (AvgIpc) is 3.23. The Morgan fingerprint density at radius 2 is 1.57 bits per heavy atom. The average molecular weight is 371 g/mol. The summed E-state index contributed by atoms with van der Waals surface area (Å²) in [6.07, 6.45) is 3.56. The maximum Gasteiger partial charge on any atom is 0.272 e. The standard InChI is InChI=1S/C21H17N5O2/c27-20-12-11-19(24-26(20)18-9-5-2-6-10-18)21(28)22-13-16-14-23-25(15-16)17-7-3-1-4-8-17/h1-12,14-15H,13H2,(H,22,28). The number of amides is 1. The van der Waals surface area contributed by atoms with Gasteiger partial charge >= 0.3 is 0 Å². The van der Waals surface area contributed by atoms with Gasteiger partial charge < -0.3 is 5.32 Å². The molecule has 0 radical (unpaired) electrons. The Morgan fingerprint density at radius 1 is 0.893 bits per heavy atom. The summed E-state index contributed by atoms with van der Waals surface area (Å²) in [5.74, 6) is -0.364. The lowest BCUT2D eigenvalue weighted by Crippen LogP contribution is -2.28. The van der Waals surface area contributed by atoms with E-state index in [-0.39, 0.29) is 17.2 Å². The molecule has 0 aliphatic rings. The quantitative estimate of drug-likeness (QED) is 0.584. The lowest BCUT2D eigenvalue weighted by atomic mass is 10.3. The predicted molar refractivity (Wildman–Crippen MR) is 105 cm³/mol. The first-order valence-corrected chi connectivity index (χ1v) is 8.74. The maximum absolute atomic E-state index is 12.5. The first kappa shape index (κ1) is 17.4. The van der Waals surface area contributed by atoms with Gasteiger partial charge in [-0.05, 0) is 30.3 Å². The number of benzene rings is 2. The summed E-state index contributed by atoms with van der Waals surface area (Å²) >= 11 is 0. The fourth-order valence-electron chi connectivity index (χ4n) is 2.73. The van der Waals surface area contributed by atoms with Gasteiger partial charge in [0, 0.05) is 24.4 Å². The summed E-state index contributed by atoms with van der Waals surface area (Å²) in [5, 5.41) is 11.3. The van der Waals surface area contributed by atoms with Gasteiger partial charge in [0.2, 0.25) is 0 Å².